The molecular weight excluding hydrogens is 238 g/mol. The Kier molecular flexibility index (Phi) is 2.56. The zero-order valence-electron chi connectivity index (χ0n) is 10.0. The molecule has 0 aromatic heterocycles. The molecule has 1 aliphatic rings. The van der Waals surface area contributed by atoms with Gasteiger partial charge in [-0.3, -0.25) is 0 Å². The van der Waals surface area contributed by atoms with Gasteiger partial charge in [0.05, 0.1) is 12.0 Å². The highest BCUT2D eigenvalue weighted by Crippen LogP contribution is 2.43. The molecule has 5 heteroatoms. The number of ether oxygens (including phenoxy) is 1. The van der Waals surface area contributed by atoms with Crippen LogP contribution in [0.3, 0.4) is 0 Å². The van der Waals surface area contributed by atoms with Gasteiger partial charge in [-0.15, -0.1) is 0 Å². The highest BCUT2D eigenvalue weighted by molar-refractivity contribution is 7.95. The molecule has 0 bridgehead atoms. The van der Waals surface area contributed by atoms with Gasteiger partial charge in [-0.05, 0) is 31.6 Å². The molecule has 0 fully saturated rings. The second-order valence-corrected chi connectivity index (χ2v) is 6.40. The van der Waals surface area contributed by atoms with E-state index in [9.17, 15) is 8.42 Å². The Hall–Kier alpha value is -1.33. The van der Waals surface area contributed by atoms with Crippen LogP contribution in [0, 0.1) is 0 Å². The molecule has 0 aliphatic carbocycles. The van der Waals surface area contributed by atoms with Gasteiger partial charge in [0.15, 0.2) is 0 Å². The van der Waals surface area contributed by atoms with Crippen molar-refractivity contribution in [3.05, 3.63) is 29.2 Å². The first kappa shape index (κ1) is 12.1. The molecule has 4 nitrogen and oxygen atoms in total. The van der Waals surface area contributed by atoms with Crippen molar-refractivity contribution in [2.24, 2.45) is 5.73 Å². The molecule has 0 unspecified atom stereocenters. The molecule has 1 aliphatic heterocycles. The normalized spacial score (nSPS) is 17.5. The van der Waals surface area contributed by atoms with Crippen LogP contribution in [0.2, 0.25) is 0 Å². The molecule has 0 radical (unpaired) electrons. The van der Waals surface area contributed by atoms with E-state index in [-0.39, 0.29) is 4.90 Å². The number of sulfone groups is 1. The Bertz CT molecular complexity index is 595. The van der Waals surface area contributed by atoms with E-state index in [2.05, 4.69) is 0 Å². The zero-order valence-corrected chi connectivity index (χ0v) is 10.8. The third-order valence-corrected chi connectivity index (χ3v) is 4.25. The van der Waals surface area contributed by atoms with Crippen molar-refractivity contribution in [3.8, 4) is 5.75 Å². The molecular formula is C12H15NO3S. The lowest BCUT2D eigenvalue weighted by atomic mass is 9.90. The summed E-state index contributed by atoms with van der Waals surface area (Å²) in [5.74, 6) is 0.536. The van der Waals surface area contributed by atoms with Crippen LogP contribution in [0.1, 0.15) is 19.4 Å². The van der Waals surface area contributed by atoms with Crippen LogP contribution >= 0.6 is 0 Å². The number of nitrogens with two attached hydrogens (primary N) is 1. The average Bonchev–Trinajstić information content (AvgIpc) is 2.51. The van der Waals surface area contributed by atoms with Crippen LogP contribution in [0.4, 0.5) is 0 Å². The number of fused-ring (bicyclic) bond motifs is 1. The van der Waals surface area contributed by atoms with E-state index in [1.165, 1.54) is 12.5 Å². The lowest BCUT2D eigenvalue weighted by molar-refractivity contribution is 0.411. The maximum absolute atomic E-state index is 12.0. The summed E-state index contributed by atoms with van der Waals surface area (Å²) >= 11 is 0. The first-order chi connectivity index (χ1) is 7.77. The summed E-state index contributed by atoms with van der Waals surface area (Å²) in [6, 6.07) is 4.97. The molecule has 1 aromatic carbocycles. The van der Waals surface area contributed by atoms with E-state index < -0.39 is 15.4 Å². The fourth-order valence-corrected chi connectivity index (χ4v) is 3.56. The van der Waals surface area contributed by atoms with Gasteiger partial charge in [-0.25, -0.2) is 8.42 Å². The SMILES string of the molecule is COc1cccc2c1C(C(C)(C)N)=CS2(=O)=O. The molecule has 17 heavy (non-hydrogen) atoms. The molecule has 0 atom stereocenters. The summed E-state index contributed by atoms with van der Waals surface area (Å²) in [6.45, 7) is 3.55. The predicted molar refractivity (Wildman–Crippen MR) is 66.4 cm³/mol. The second-order valence-electron chi connectivity index (χ2n) is 4.63. The van der Waals surface area contributed by atoms with E-state index in [1.807, 2.05) is 0 Å². The van der Waals surface area contributed by atoms with Crippen LogP contribution in [0.25, 0.3) is 5.57 Å². The Morgan fingerprint density at radius 3 is 2.47 bits per heavy atom. The largest absolute Gasteiger partial charge is 0.496 e. The van der Waals surface area contributed by atoms with Crippen molar-refractivity contribution in [1.82, 2.24) is 0 Å². The van der Waals surface area contributed by atoms with E-state index in [0.717, 1.165) is 0 Å². The summed E-state index contributed by atoms with van der Waals surface area (Å²) in [5.41, 5.74) is 6.46. The fraction of sp³-hybridized carbons (Fsp3) is 0.333. The number of hydrogen-bond acceptors (Lipinski definition) is 4. The minimum Gasteiger partial charge on any atom is -0.496 e. The van der Waals surface area contributed by atoms with Crippen molar-refractivity contribution in [2.45, 2.75) is 24.3 Å². The van der Waals surface area contributed by atoms with Crippen LogP contribution in [0.5, 0.6) is 5.75 Å². The van der Waals surface area contributed by atoms with Crippen molar-refractivity contribution in [1.29, 1.82) is 0 Å². The molecule has 92 valence electrons. The molecule has 0 saturated carbocycles. The van der Waals surface area contributed by atoms with Crippen molar-refractivity contribution < 1.29 is 13.2 Å². The van der Waals surface area contributed by atoms with Crippen LogP contribution in [-0.4, -0.2) is 21.1 Å². The number of rotatable bonds is 2. The predicted octanol–water partition coefficient (Wildman–Crippen LogP) is 1.56. The number of benzene rings is 1. The topological polar surface area (TPSA) is 69.4 Å². The van der Waals surface area contributed by atoms with E-state index in [0.29, 0.717) is 16.9 Å². The Morgan fingerprint density at radius 2 is 1.94 bits per heavy atom. The van der Waals surface area contributed by atoms with Gasteiger partial charge in [0, 0.05) is 16.5 Å². The van der Waals surface area contributed by atoms with Gasteiger partial charge in [-0.2, -0.15) is 0 Å². The van der Waals surface area contributed by atoms with Crippen LogP contribution < -0.4 is 10.5 Å². The van der Waals surface area contributed by atoms with Gasteiger partial charge in [-0.1, -0.05) is 6.07 Å². The average molecular weight is 253 g/mol. The molecule has 1 aromatic rings. The molecule has 2 rings (SSSR count). The standard InChI is InChI=1S/C12H15NO3S/c1-12(2,13)8-7-17(14,15)10-6-4-5-9(16-3)11(8)10/h4-7H,13H2,1-3H3. The van der Waals surface area contributed by atoms with Crippen molar-refractivity contribution in [2.75, 3.05) is 7.11 Å². The summed E-state index contributed by atoms with van der Waals surface area (Å²) in [5, 5.41) is 1.24. The summed E-state index contributed by atoms with van der Waals surface area (Å²) in [4.78, 5) is 0.269. The third kappa shape index (κ3) is 1.85. The Morgan fingerprint density at radius 1 is 1.29 bits per heavy atom. The zero-order chi connectivity index (χ0) is 12.8. The Labute approximate surface area is 101 Å². The first-order valence-corrected chi connectivity index (χ1v) is 6.75. The lowest BCUT2D eigenvalue weighted by Crippen LogP contribution is -2.33. The van der Waals surface area contributed by atoms with Gasteiger partial charge >= 0.3 is 0 Å². The van der Waals surface area contributed by atoms with E-state index in [1.54, 1.807) is 32.0 Å². The summed E-state index contributed by atoms with van der Waals surface area (Å²) in [6.07, 6.45) is 0. The molecule has 1 heterocycles. The molecule has 0 saturated heterocycles. The van der Waals surface area contributed by atoms with E-state index >= 15 is 0 Å². The van der Waals surface area contributed by atoms with E-state index in [4.69, 9.17) is 10.5 Å². The number of hydrogen-bond donors (Lipinski definition) is 1. The summed E-state index contributed by atoms with van der Waals surface area (Å²) < 4.78 is 29.2. The summed E-state index contributed by atoms with van der Waals surface area (Å²) in [7, 11) is -1.88. The highest BCUT2D eigenvalue weighted by atomic mass is 32.2. The smallest absolute Gasteiger partial charge is 0.200 e. The first-order valence-electron chi connectivity index (χ1n) is 5.21. The Balaban J connectivity index is 2.81. The van der Waals surface area contributed by atoms with Gasteiger partial charge < -0.3 is 10.5 Å². The van der Waals surface area contributed by atoms with Crippen LogP contribution in [-0.2, 0) is 9.84 Å². The van der Waals surface area contributed by atoms with Crippen molar-refractivity contribution >= 4 is 15.4 Å². The molecule has 2 N–H and O–H groups in total. The maximum Gasteiger partial charge on any atom is 0.200 e. The van der Waals surface area contributed by atoms with Gasteiger partial charge in [0.25, 0.3) is 0 Å². The minimum atomic E-state index is -3.39. The maximum atomic E-state index is 12.0. The monoisotopic (exact) mass is 253 g/mol. The van der Waals surface area contributed by atoms with Gasteiger partial charge in [0.1, 0.15) is 5.75 Å². The lowest BCUT2D eigenvalue weighted by Gasteiger charge is -2.22. The minimum absolute atomic E-state index is 0.269. The van der Waals surface area contributed by atoms with Crippen LogP contribution in [0.15, 0.2) is 28.5 Å². The molecule has 0 spiro atoms. The fourth-order valence-electron chi connectivity index (χ4n) is 1.94. The quantitative estimate of drug-likeness (QED) is 0.868. The third-order valence-electron chi connectivity index (χ3n) is 2.75. The molecule has 0 amide bonds. The highest BCUT2D eigenvalue weighted by Gasteiger charge is 2.35. The second kappa shape index (κ2) is 3.58. The van der Waals surface area contributed by atoms with Gasteiger partial charge in [0.2, 0.25) is 9.84 Å². The number of methoxy groups -OCH3 is 1. The van der Waals surface area contributed by atoms with Crippen molar-refractivity contribution in [3.63, 3.8) is 0 Å².